The fourth-order valence-electron chi connectivity index (χ4n) is 2.02. The van der Waals surface area contributed by atoms with E-state index in [4.69, 9.17) is 29.0 Å². The summed E-state index contributed by atoms with van der Waals surface area (Å²) in [5.41, 5.74) is 4.93. The fraction of sp³-hybridized carbons (Fsp3) is 0.200. The van der Waals surface area contributed by atoms with Gasteiger partial charge in [0.25, 0.3) is 0 Å². The standard InChI is InChI=1S/C15H15Cl2FN2/c1-9-5-6-10(7-13(9)18)14(20-19)8-11-3-2-4-12(16)15(11)17/h2-7,14,20H,8,19H2,1H3. The highest BCUT2D eigenvalue weighted by Crippen LogP contribution is 2.29. The van der Waals surface area contributed by atoms with Gasteiger partial charge in [-0.3, -0.25) is 11.3 Å². The molecule has 0 aromatic heterocycles. The van der Waals surface area contributed by atoms with Crippen LogP contribution in [-0.2, 0) is 6.42 Å². The summed E-state index contributed by atoms with van der Waals surface area (Å²) >= 11 is 12.2. The van der Waals surface area contributed by atoms with E-state index in [9.17, 15) is 4.39 Å². The molecule has 5 heteroatoms. The van der Waals surface area contributed by atoms with Crippen LogP contribution < -0.4 is 11.3 Å². The number of hydrogen-bond acceptors (Lipinski definition) is 2. The molecule has 0 aliphatic heterocycles. The molecule has 2 rings (SSSR count). The number of rotatable bonds is 4. The minimum absolute atomic E-state index is 0.235. The van der Waals surface area contributed by atoms with Gasteiger partial charge in [-0.05, 0) is 42.2 Å². The van der Waals surface area contributed by atoms with E-state index in [-0.39, 0.29) is 11.9 Å². The molecule has 3 N–H and O–H groups in total. The minimum atomic E-state index is -0.250. The Morgan fingerprint density at radius 3 is 2.65 bits per heavy atom. The van der Waals surface area contributed by atoms with Crippen molar-refractivity contribution in [2.24, 2.45) is 5.84 Å². The summed E-state index contributed by atoms with van der Waals surface area (Å²) in [6, 6.07) is 10.3. The zero-order chi connectivity index (χ0) is 14.7. The van der Waals surface area contributed by atoms with Crippen LogP contribution in [0.5, 0.6) is 0 Å². The van der Waals surface area contributed by atoms with Gasteiger partial charge in [0.2, 0.25) is 0 Å². The van der Waals surface area contributed by atoms with Crippen LogP contribution in [0.25, 0.3) is 0 Å². The van der Waals surface area contributed by atoms with Gasteiger partial charge in [-0.15, -0.1) is 0 Å². The first-order chi connectivity index (χ1) is 9.52. The smallest absolute Gasteiger partial charge is 0.126 e. The summed E-state index contributed by atoms with van der Waals surface area (Å²) in [6.07, 6.45) is 0.526. The minimum Gasteiger partial charge on any atom is -0.271 e. The molecule has 106 valence electrons. The lowest BCUT2D eigenvalue weighted by atomic mass is 9.98. The maximum absolute atomic E-state index is 13.6. The number of hydrazine groups is 1. The molecule has 0 aliphatic carbocycles. The van der Waals surface area contributed by atoms with Crippen LogP contribution in [0.4, 0.5) is 4.39 Å². The molecule has 0 fully saturated rings. The third-order valence-electron chi connectivity index (χ3n) is 3.26. The highest BCUT2D eigenvalue weighted by Gasteiger charge is 2.15. The molecule has 0 heterocycles. The monoisotopic (exact) mass is 312 g/mol. The molecule has 0 radical (unpaired) electrons. The van der Waals surface area contributed by atoms with Gasteiger partial charge >= 0.3 is 0 Å². The van der Waals surface area contributed by atoms with Crippen LogP contribution in [0.15, 0.2) is 36.4 Å². The maximum atomic E-state index is 13.6. The number of benzene rings is 2. The number of nitrogens with one attached hydrogen (secondary N) is 1. The molecule has 0 saturated carbocycles. The van der Waals surface area contributed by atoms with Gasteiger partial charge in [0, 0.05) is 0 Å². The summed E-state index contributed by atoms with van der Waals surface area (Å²) in [4.78, 5) is 0. The largest absolute Gasteiger partial charge is 0.271 e. The lowest BCUT2D eigenvalue weighted by molar-refractivity contribution is 0.543. The molecule has 2 aromatic carbocycles. The Morgan fingerprint density at radius 2 is 2.00 bits per heavy atom. The maximum Gasteiger partial charge on any atom is 0.126 e. The van der Waals surface area contributed by atoms with Crippen LogP contribution in [-0.4, -0.2) is 0 Å². The second-order valence-electron chi connectivity index (χ2n) is 4.64. The van der Waals surface area contributed by atoms with E-state index in [2.05, 4.69) is 5.43 Å². The average molecular weight is 313 g/mol. The Labute approximate surface area is 127 Å². The summed E-state index contributed by atoms with van der Waals surface area (Å²) in [5.74, 6) is 5.33. The highest BCUT2D eigenvalue weighted by molar-refractivity contribution is 6.42. The van der Waals surface area contributed by atoms with Gasteiger partial charge in [-0.2, -0.15) is 0 Å². The Bertz CT molecular complexity index is 617. The van der Waals surface area contributed by atoms with Gasteiger partial charge in [0.15, 0.2) is 0 Å². The van der Waals surface area contributed by atoms with Gasteiger partial charge in [-0.25, -0.2) is 4.39 Å². The van der Waals surface area contributed by atoms with Crippen LogP contribution in [0.3, 0.4) is 0 Å². The van der Waals surface area contributed by atoms with Crippen LogP contribution in [0.1, 0.15) is 22.7 Å². The third kappa shape index (κ3) is 3.30. The van der Waals surface area contributed by atoms with Crippen molar-refractivity contribution in [1.82, 2.24) is 5.43 Å². The summed E-state index contributed by atoms with van der Waals surface area (Å²) in [6.45, 7) is 1.72. The average Bonchev–Trinajstić information content (AvgIpc) is 2.44. The van der Waals surface area contributed by atoms with Gasteiger partial charge < -0.3 is 0 Å². The molecule has 1 unspecified atom stereocenters. The van der Waals surface area contributed by atoms with Crippen molar-refractivity contribution in [2.45, 2.75) is 19.4 Å². The van der Waals surface area contributed by atoms with E-state index in [1.54, 1.807) is 19.1 Å². The fourth-order valence-corrected chi connectivity index (χ4v) is 2.42. The van der Waals surface area contributed by atoms with Crippen molar-refractivity contribution < 1.29 is 4.39 Å². The number of hydrogen-bond donors (Lipinski definition) is 2. The number of halogens is 3. The van der Waals surface area contributed by atoms with E-state index >= 15 is 0 Å². The van der Waals surface area contributed by atoms with Crippen molar-refractivity contribution in [3.63, 3.8) is 0 Å². The highest BCUT2D eigenvalue weighted by atomic mass is 35.5. The molecule has 1 atom stereocenters. The van der Waals surface area contributed by atoms with E-state index in [1.165, 1.54) is 6.07 Å². The number of nitrogens with two attached hydrogens (primary N) is 1. The predicted octanol–water partition coefficient (Wildman–Crippen LogP) is 4.19. The quantitative estimate of drug-likeness (QED) is 0.656. The molecular weight excluding hydrogens is 298 g/mol. The van der Waals surface area contributed by atoms with Crippen LogP contribution in [0.2, 0.25) is 10.0 Å². The van der Waals surface area contributed by atoms with Crippen molar-refractivity contribution in [1.29, 1.82) is 0 Å². The van der Waals surface area contributed by atoms with E-state index in [1.807, 2.05) is 18.2 Å². The van der Waals surface area contributed by atoms with Crippen LogP contribution in [0, 0.1) is 12.7 Å². The molecule has 0 spiro atoms. The topological polar surface area (TPSA) is 38.0 Å². The molecular formula is C15H15Cl2FN2. The van der Waals surface area contributed by atoms with Crippen molar-refractivity contribution in [3.05, 3.63) is 69.0 Å². The predicted molar refractivity (Wildman–Crippen MR) is 81.4 cm³/mol. The second kappa shape index (κ2) is 6.55. The molecule has 2 nitrogen and oxygen atoms in total. The molecule has 20 heavy (non-hydrogen) atoms. The Morgan fingerprint density at radius 1 is 1.25 bits per heavy atom. The number of aryl methyl sites for hydroxylation is 1. The van der Waals surface area contributed by atoms with E-state index in [0.717, 1.165) is 11.1 Å². The van der Waals surface area contributed by atoms with E-state index < -0.39 is 0 Å². The molecule has 0 aliphatic rings. The zero-order valence-corrected chi connectivity index (χ0v) is 12.5. The molecule has 2 aromatic rings. The molecule has 0 saturated heterocycles. The Balaban J connectivity index is 2.28. The third-order valence-corrected chi connectivity index (χ3v) is 4.11. The van der Waals surface area contributed by atoms with E-state index in [0.29, 0.717) is 22.0 Å². The van der Waals surface area contributed by atoms with Crippen molar-refractivity contribution >= 4 is 23.2 Å². The van der Waals surface area contributed by atoms with Crippen LogP contribution >= 0.6 is 23.2 Å². The van der Waals surface area contributed by atoms with Crippen molar-refractivity contribution in [2.75, 3.05) is 0 Å². The first-order valence-electron chi connectivity index (χ1n) is 6.18. The first-order valence-corrected chi connectivity index (χ1v) is 6.93. The first kappa shape index (κ1) is 15.3. The lowest BCUT2D eigenvalue weighted by Crippen LogP contribution is -2.29. The summed E-state index contributed by atoms with van der Waals surface area (Å²) in [5, 5.41) is 0.997. The normalized spacial score (nSPS) is 12.4. The molecule has 0 amide bonds. The SMILES string of the molecule is Cc1ccc(C(Cc2cccc(Cl)c2Cl)NN)cc1F. The summed E-state index contributed by atoms with van der Waals surface area (Å²) in [7, 11) is 0. The van der Waals surface area contributed by atoms with Gasteiger partial charge in [-0.1, -0.05) is 47.5 Å². The Kier molecular flexibility index (Phi) is 5.00. The second-order valence-corrected chi connectivity index (χ2v) is 5.43. The summed E-state index contributed by atoms with van der Waals surface area (Å²) < 4.78 is 13.6. The van der Waals surface area contributed by atoms with Gasteiger partial charge in [0.05, 0.1) is 16.1 Å². The van der Waals surface area contributed by atoms with Crippen molar-refractivity contribution in [3.8, 4) is 0 Å². The molecule has 0 bridgehead atoms. The Hall–Kier alpha value is -1.13. The zero-order valence-electron chi connectivity index (χ0n) is 11.0. The lowest BCUT2D eigenvalue weighted by Gasteiger charge is -2.18. The van der Waals surface area contributed by atoms with Gasteiger partial charge in [0.1, 0.15) is 5.82 Å².